The van der Waals surface area contributed by atoms with Gasteiger partial charge in [-0.3, -0.25) is 10.1 Å². The number of benzene rings is 1. The first kappa shape index (κ1) is 20.7. The second-order valence-electron chi connectivity index (χ2n) is 5.20. The first-order chi connectivity index (χ1) is 10.0. The lowest BCUT2D eigenvalue weighted by atomic mass is 10.1. The van der Waals surface area contributed by atoms with Crippen LogP contribution < -0.4 is 10.1 Å². The van der Waals surface area contributed by atoms with Crippen molar-refractivity contribution in [2.75, 3.05) is 13.7 Å². The average molecular weight is 332 g/mol. The van der Waals surface area contributed by atoms with Crippen molar-refractivity contribution in [1.82, 2.24) is 5.32 Å². The Morgan fingerprint density at radius 2 is 2.09 bits per heavy atom. The van der Waals surface area contributed by atoms with E-state index in [0.29, 0.717) is 25.9 Å². The van der Waals surface area contributed by atoms with E-state index in [1.165, 1.54) is 7.11 Å². The molecule has 1 atom stereocenters. The molecule has 0 aliphatic carbocycles. The molecule has 0 saturated heterocycles. The maximum absolute atomic E-state index is 11.1. The van der Waals surface area contributed by atoms with Crippen LogP contribution in [0, 0.1) is 0 Å². The van der Waals surface area contributed by atoms with Crippen LogP contribution in [-0.2, 0) is 16.0 Å². The summed E-state index contributed by atoms with van der Waals surface area (Å²) in [5, 5.41) is 12.7. The van der Waals surface area contributed by atoms with Crippen LogP contribution in [0.5, 0.6) is 5.75 Å². The van der Waals surface area contributed by atoms with Crippen molar-refractivity contribution in [2.24, 2.45) is 0 Å². The van der Waals surface area contributed by atoms with Gasteiger partial charge in [-0.15, -0.1) is 12.4 Å². The van der Waals surface area contributed by atoms with Crippen LogP contribution in [0.1, 0.15) is 32.3 Å². The molecule has 0 saturated carbocycles. The molecule has 1 unspecified atom stereocenters. The number of hydrogen-bond acceptors (Lipinski definition) is 5. The second kappa shape index (κ2) is 11.3. The molecule has 5 nitrogen and oxygen atoms in total. The summed E-state index contributed by atoms with van der Waals surface area (Å²) in [6, 6.07) is 7.85. The van der Waals surface area contributed by atoms with Gasteiger partial charge in [0, 0.05) is 18.9 Å². The molecule has 6 heteroatoms. The molecule has 0 radical (unpaired) electrons. The highest BCUT2D eigenvalue weighted by molar-refractivity contribution is 5.85. The molecule has 22 heavy (non-hydrogen) atoms. The smallest absolute Gasteiger partial charge is 0.305 e. The number of esters is 1. The lowest BCUT2D eigenvalue weighted by Gasteiger charge is -2.16. The van der Waals surface area contributed by atoms with Gasteiger partial charge in [-0.25, -0.2) is 0 Å². The van der Waals surface area contributed by atoms with Crippen molar-refractivity contribution in [3.63, 3.8) is 0 Å². The van der Waals surface area contributed by atoms with E-state index in [4.69, 9.17) is 4.74 Å². The van der Waals surface area contributed by atoms with Gasteiger partial charge in [-0.1, -0.05) is 12.1 Å². The topological polar surface area (TPSA) is 67.8 Å². The second-order valence-corrected chi connectivity index (χ2v) is 5.20. The number of aliphatic hydroxyl groups is 1. The van der Waals surface area contributed by atoms with E-state index in [1.807, 2.05) is 38.1 Å². The lowest BCUT2D eigenvalue weighted by molar-refractivity contribution is -0.140. The Bertz CT molecular complexity index is 440. The van der Waals surface area contributed by atoms with Crippen LogP contribution in [0.3, 0.4) is 0 Å². The number of carbonyl (C=O) groups is 1. The zero-order chi connectivity index (χ0) is 15.7. The number of ether oxygens (including phenoxy) is 2. The fourth-order valence-corrected chi connectivity index (χ4v) is 1.90. The summed E-state index contributed by atoms with van der Waals surface area (Å²) >= 11 is 0. The van der Waals surface area contributed by atoms with Crippen molar-refractivity contribution in [3.05, 3.63) is 29.8 Å². The molecule has 0 aliphatic heterocycles. The van der Waals surface area contributed by atoms with Gasteiger partial charge in [0.15, 0.2) is 0 Å². The summed E-state index contributed by atoms with van der Waals surface area (Å²) in [5.74, 6) is 0.526. The molecule has 0 amide bonds. The molecular weight excluding hydrogens is 306 g/mol. The standard InChI is InChI=1S/C16H25NO4.ClH/c1-12(2)17-15(18)9-10-21-14-6-4-5-13(11-14)7-8-16(19)20-3;/h4-6,11-12,15,17-18H,7-10H2,1-3H3;1H. The SMILES string of the molecule is COC(=O)CCc1cccc(OCCC(O)NC(C)C)c1.Cl. The lowest BCUT2D eigenvalue weighted by Crippen LogP contribution is -2.35. The molecule has 0 aromatic heterocycles. The molecular formula is C16H26ClNO4. The molecule has 0 bridgehead atoms. The van der Waals surface area contributed by atoms with Crippen molar-refractivity contribution >= 4 is 18.4 Å². The van der Waals surface area contributed by atoms with E-state index in [2.05, 4.69) is 10.1 Å². The summed E-state index contributed by atoms with van der Waals surface area (Å²) in [4.78, 5) is 11.1. The summed E-state index contributed by atoms with van der Waals surface area (Å²) < 4.78 is 10.2. The van der Waals surface area contributed by atoms with Gasteiger partial charge >= 0.3 is 5.97 Å². The molecule has 1 rings (SSSR count). The molecule has 126 valence electrons. The fourth-order valence-electron chi connectivity index (χ4n) is 1.90. The van der Waals surface area contributed by atoms with Gasteiger partial charge in [0.1, 0.15) is 12.0 Å². The number of aryl methyl sites for hydroxylation is 1. The highest BCUT2D eigenvalue weighted by atomic mass is 35.5. The van der Waals surface area contributed by atoms with Crippen molar-refractivity contribution < 1.29 is 19.4 Å². The summed E-state index contributed by atoms with van der Waals surface area (Å²) in [6.07, 6.45) is 0.940. The third-order valence-electron chi connectivity index (χ3n) is 2.93. The molecule has 1 aromatic carbocycles. The Morgan fingerprint density at radius 3 is 2.73 bits per heavy atom. The third-order valence-corrected chi connectivity index (χ3v) is 2.93. The molecule has 0 spiro atoms. The first-order valence-electron chi connectivity index (χ1n) is 7.24. The van der Waals surface area contributed by atoms with Crippen LogP contribution in [0.4, 0.5) is 0 Å². The van der Waals surface area contributed by atoms with E-state index in [0.717, 1.165) is 11.3 Å². The van der Waals surface area contributed by atoms with Gasteiger partial charge in [0.25, 0.3) is 0 Å². The zero-order valence-corrected chi connectivity index (χ0v) is 14.2. The quantitative estimate of drug-likeness (QED) is 0.537. The number of nitrogens with one attached hydrogen (secondary N) is 1. The minimum Gasteiger partial charge on any atom is -0.493 e. The summed E-state index contributed by atoms with van der Waals surface area (Å²) in [5.41, 5.74) is 1.03. The van der Waals surface area contributed by atoms with Gasteiger partial charge in [-0.05, 0) is 38.0 Å². The highest BCUT2D eigenvalue weighted by Crippen LogP contribution is 2.15. The van der Waals surface area contributed by atoms with Crippen LogP contribution in [0.25, 0.3) is 0 Å². The number of hydrogen-bond donors (Lipinski definition) is 2. The minimum atomic E-state index is -0.562. The van der Waals surface area contributed by atoms with E-state index in [9.17, 15) is 9.90 Å². The largest absolute Gasteiger partial charge is 0.493 e. The third kappa shape index (κ3) is 8.87. The Morgan fingerprint density at radius 1 is 1.36 bits per heavy atom. The maximum atomic E-state index is 11.1. The van der Waals surface area contributed by atoms with Gasteiger partial charge < -0.3 is 14.6 Å². The van der Waals surface area contributed by atoms with Crippen molar-refractivity contribution in [2.45, 2.75) is 45.4 Å². The molecule has 0 aliphatic rings. The minimum absolute atomic E-state index is 0. The van der Waals surface area contributed by atoms with Crippen molar-refractivity contribution in [3.8, 4) is 5.75 Å². The summed E-state index contributed by atoms with van der Waals surface area (Å²) in [6.45, 7) is 4.39. The Kier molecular flexibility index (Phi) is 10.6. The van der Waals surface area contributed by atoms with E-state index in [1.54, 1.807) is 0 Å². The summed E-state index contributed by atoms with van der Waals surface area (Å²) in [7, 11) is 1.39. The van der Waals surface area contributed by atoms with Gasteiger partial charge in [-0.2, -0.15) is 0 Å². The monoisotopic (exact) mass is 331 g/mol. The predicted octanol–water partition coefficient (Wildman–Crippen LogP) is 2.30. The first-order valence-corrected chi connectivity index (χ1v) is 7.24. The number of aliphatic hydroxyl groups excluding tert-OH is 1. The molecule has 0 heterocycles. The van der Waals surface area contributed by atoms with Crippen LogP contribution in [-0.4, -0.2) is 37.1 Å². The van der Waals surface area contributed by atoms with Gasteiger partial charge in [0.2, 0.25) is 0 Å². The fraction of sp³-hybridized carbons (Fsp3) is 0.562. The Hall–Kier alpha value is -1.30. The average Bonchev–Trinajstić information content (AvgIpc) is 2.44. The molecule has 1 aromatic rings. The molecule has 2 N–H and O–H groups in total. The van der Waals surface area contributed by atoms with E-state index in [-0.39, 0.29) is 24.4 Å². The predicted molar refractivity (Wildman–Crippen MR) is 88.4 cm³/mol. The van der Waals surface area contributed by atoms with E-state index < -0.39 is 6.23 Å². The van der Waals surface area contributed by atoms with Crippen molar-refractivity contribution in [1.29, 1.82) is 0 Å². The van der Waals surface area contributed by atoms with Crippen LogP contribution >= 0.6 is 12.4 Å². The number of carbonyl (C=O) groups excluding carboxylic acids is 1. The van der Waals surface area contributed by atoms with Crippen LogP contribution in [0.15, 0.2) is 24.3 Å². The zero-order valence-electron chi connectivity index (χ0n) is 13.4. The van der Waals surface area contributed by atoms with E-state index >= 15 is 0 Å². The number of rotatable bonds is 9. The van der Waals surface area contributed by atoms with Gasteiger partial charge in [0.05, 0.1) is 13.7 Å². The number of methoxy groups -OCH3 is 1. The normalized spacial score (nSPS) is 11.7. The highest BCUT2D eigenvalue weighted by Gasteiger charge is 2.06. The maximum Gasteiger partial charge on any atom is 0.305 e. The Labute approximate surface area is 138 Å². The van der Waals surface area contributed by atoms with Crippen LogP contribution in [0.2, 0.25) is 0 Å². The molecule has 0 fully saturated rings. The Balaban J connectivity index is 0.00000441. The number of halogens is 1.